The lowest BCUT2D eigenvalue weighted by Crippen LogP contribution is -1.91. The monoisotopic (exact) mass is 317 g/mol. The standard InChI is InChI=1S/C17H19NO5/c1-21-9-5-15-12-14(4-8-18(19)20)13-16(6-10-22-2)17(15)7-11-23-3/h4-13H,1-3H3/b8-4+,9-5+,10-6+,11-7+. The molecule has 0 radical (unpaired) electrons. The van der Waals surface area contributed by atoms with Crippen LogP contribution >= 0.6 is 0 Å². The van der Waals surface area contributed by atoms with E-state index in [0.29, 0.717) is 5.56 Å². The smallest absolute Gasteiger partial charge is 0.235 e. The van der Waals surface area contributed by atoms with E-state index in [1.54, 1.807) is 45.8 Å². The van der Waals surface area contributed by atoms with Crippen LogP contribution in [-0.4, -0.2) is 26.3 Å². The predicted molar refractivity (Wildman–Crippen MR) is 90.6 cm³/mol. The first kappa shape index (κ1) is 18.0. The summed E-state index contributed by atoms with van der Waals surface area (Å²) in [5.74, 6) is 0. The summed E-state index contributed by atoms with van der Waals surface area (Å²) < 4.78 is 14.9. The minimum absolute atomic E-state index is 0.506. The molecule has 23 heavy (non-hydrogen) atoms. The number of nitro groups is 1. The van der Waals surface area contributed by atoms with Crippen molar-refractivity contribution >= 4 is 24.3 Å². The Balaban J connectivity index is 3.48. The van der Waals surface area contributed by atoms with E-state index in [-0.39, 0.29) is 0 Å². The zero-order valence-electron chi connectivity index (χ0n) is 13.3. The van der Waals surface area contributed by atoms with Gasteiger partial charge in [0.2, 0.25) is 6.20 Å². The molecule has 0 saturated heterocycles. The maximum Gasteiger partial charge on any atom is 0.235 e. The van der Waals surface area contributed by atoms with E-state index >= 15 is 0 Å². The van der Waals surface area contributed by atoms with Gasteiger partial charge in [-0.1, -0.05) is 0 Å². The van der Waals surface area contributed by atoms with Crippen molar-refractivity contribution in [3.8, 4) is 0 Å². The Labute approximate surface area is 135 Å². The summed E-state index contributed by atoms with van der Waals surface area (Å²) in [5.41, 5.74) is 3.19. The highest BCUT2D eigenvalue weighted by atomic mass is 16.6. The quantitative estimate of drug-likeness (QED) is 0.414. The van der Waals surface area contributed by atoms with Crippen LogP contribution in [0, 0.1) is 10.1 Å². The summed E-state index contributed by atoms with van der Waals surface area (Å²) in [6.07, 6.45) is 12.3. The van der Waals surface area contributed by atoms with Crippen molar-refractivity contribution in [3.05, 3.63) is 69.5 Å². The molecule has 0 bridgehead atoms. The number of ether oxygens (including phenoxy) is 3. The number of hydrogen-bond acceptors (Lipinski definition) is 5. The normalized spacial score (nSPS) is 11.8. The number of benzene rings is 1. The van der Waals surface area contributed by atoms with Gasteiger partial charge in [-0.05, 0) is 52.6 Å². The van der Waals surface area contributed by atoms with Crippen LogP contribution in [0.1, 0.15) is 22.3 Å². The number of rotatable bonds is 8. The van der Waals surface area contributed by atoms with Gasteiger partial charge in [-0.25, -0.2) is 0 Å². The zero-order chi connectivity index (χ0) is 17.1. The van der Waals surface area contributed by atoms with Crippen molar-refractivity contribution in [2.75, 3.05) is 21.3 Å². The first-order valence-electron chi connectivity index (χ1n) is 6.70. The van der Waals surface area contributed by atoms with Crippen LogP contribution in [0.2, 0.25) is 0 Å². The van der Waals surface area contributed by atoms with Crippen molar-refractivity contribution < 1.29 is 19.1 Å². The van der Waals surface area contributed by atoms with Crippen LogP contribution in [0.4, 0.5) is 0 Å². The topological polar surface area (TPSA) is 70.8 Å². The van der Waals surface area contributed by atoms with E-state index in [1.165, 1.54) is 18.6 Å². The van der Waals surface area contributed by atoms with Crippen LogP contribution in [0.25, 0.3) is 24.3 Å². The molecule has 1 rings (SSSR count). The summed E-state index contributed by atoms with van der Waals surface area (Å²) in [5, 5.41) is 10.5. The fourth-order valence-corrected chi connectivity index (χ4v) is 1.85. The van der Waals surface area contributed by atoms with Gasteiger partial charge in [0.25, 0.3) is 0 Å². The maximum absolute atomic E-state index is 10.5. The van der Waals surface area contributed by atoms with Crippen LogP contribution < -0.4 is 0 Å². The van der Waals surface area contributed by atoms with Crippen LogP contribution in [0.5, 0.6) is 0 Å². The molecule has 0 aliphatic heterocycles. The van der Waals surface area contributed by atoms with E-state index in [9.17, 15) is 10.1 Å². The fourth-order valence-electron chi connectivity index (χ4n) is 1.85. The van der Waals surface area contributed by atoms with Crippen molar-refractivity contribution in [3.63, 3.8) is 0 Å². The summed E-state index contributed by atoms with van der Waals surface area (Å²) in [6.45, 7) is 0. The molecule has 0 heterocycles. The molecule has 0 fully saturated rings. The highest BCUT2D eigenvalue weighted by Gasteiger charge is 2.06. The molecule has 0 atom stereocenters. The Morgan fingerprint density at radius 3 is 1.78 bits per heavy atom. The molecule has 0 amide bonds. The molecular formula is C17H19NO5. The van der Waals surface area contributed by atoms with Gasteiger partial charge in [0, 0.05) is 6.08 Å². The first-order chi connectivity index (χ1) is 11.1. The third-order valence-electron chi connectivity index (χ3n) is 2.79. The molecule has 6 nitrogen and oxygen atoms in total. The maximum atomic E-state index is 10.5. The minimum Gasteiger partial charge on any atom is -0.504 e. The second-order valence-electron chi connectivity index (χ2n) is 4.33. The minimum atomic E-state index is -0.506. The third-order valence-corrected chi connectivity index (χ3v) is 2.79. The lowest BCUT2D eigenvalue weighted by Gasteiger charge is -2.09. The van der Waals surface area contributed by atoms with Crippen molar-refractivity contribution in [1.29, 1.82) is 0 Å². The van der Waals surface area contributed by atoms with Gasteiger partial charge in [0.15, 0.2) is 0 Å². The van der Waals surface area contributed by atoms with Gasteiger partial charge in [-0.2, -0.15) is 0 Å². The average molecular weight is 317 g/mol. The summed E-state index contributed by atoms with van der Waals surface area (Å²) in [6, 6.07) is 3.63. The second kappa shape index (κ2) is 9.83. The van der Waals surface area contributed by atoms with Crippen LogP contribution in [-0.2, 0) is 14.2 Å². The Morgan fingerprint density at radius 1 is 0.870 bits per heavy atom. The molecule has 0 spiro atoms. The molecule has 0 aromatic heterocycles. The van der Waals surface area contributed by atoms with Gasteiger partial charge in [0.05, 0.1) is 45.0 Å². The Kier molecular flexibility index (Phi) is 7.71. The van der Waals surface area contributed by atoms with Gasteiger partial charge in [-0.3, -0.25) is 10.1 Å². The Bertz CT molecular complexity index is 609. The van der Waals surface area contributed by atoms with E-state index in [0.717, 1.165) is 22.9 Å². The molecule has 0 unspecified atom stereocenters. The van der Waals surface area contributed by atoms with E-state index in [2.05, 4.69) is 0 Å². The lowest BCUT2D eigenvalue weighted by molar-refractivity contribution is -0.400. The van der Waals surface area contributed by atoms with Crippen molar-refractivity contribution in [2.24, 2.45) is 0 Å². The largest absolute Gasteiger partial charge is 0.504 e. The molecule has 0 saturated carbocycles. The number of hydrogen-bond donors (Lipinski definition) is 0. The summed E-state index contributed by atoms with van der Waals surface area (Å²) >= 11 is 0. The zero-order valence-corrected chi connectivity index (χ0v) is 13.3. The molecule has 122 valence electrons. The average Bonchev–Trinajstić information content (AvgIpc) is 2.54. The fraction of sp³-hybridized carbons (Fsp3) is 0.176. The van der Waals surface area contributed by atoms with E-state index < -0.39 is 4.92 Å². The SMILES string of the molecule is CO/C=C/c1cc(/C=C/[N+](=O)[O-])cc(/C=C/OC)c1/C=C/OC. The molecule has 0 aliphatic carbocycles. The molecule has 1 aromatic rings. The highest BCUT2D eigenvalue weighted by molar-refractivity contribution is 5.76. The molecule has 1 aromatic carbocycles. The van der Waals surface area contributed by atoms with Gasteiger partial charge in [-0.15, -0.1) is 0 Å². The van der Waals surface area contributed by atoms with E-state index in [4.69, 9.17) is 14.2 Å². The van der Waals surface area contributed by atoms with Crippen LogP contribution in [0.15, 0.2) is 37.1 Å². The number of methoxy groups -OCH3 is 3. The van der Waals surface area contributed by atoms with E-state index in [1.807, 2.05) is 12.1 Å². The summed E-state index contributed by atoms with van der Waals surface area (Å²) in [4.78, 5) is 10.0. The Morgan fingerprint density at radius 2 is 1.35 bits per heavy atom. The first-order valence-corrected chi connectivity index (χ1v) is 6.70. The lowest BCUT2D eigenvalue weighted by atomic mass is 9.97. The van der Waals surface area contributed by atoms with Gasteiger partial charge < -0.3 is 14.2 Å². The molecular weight excluding hydrogens is 298 g/mol. The molecule has 6 heteroatoms. The third kappa shape index (κ3) is 6.09. The highest BCUT2D eigenvalue weighted by Crippen LogP contribution is 2.23. The van der Waals surface area contributed by atoms with Crippen molar-refractivity contribution in [2.45, 2.75) is 0 Å². The molecule has 0 aliphatic rings. The Hall–Kier alpha value is -3.02. The number of nitrogens with zero attached hydrogens (tertiary/aromatic N) is 1. The van der Waals surface area contributed by atoms with Crippen LogP contribution in [0.3, 0.4) is 0 Å². The van der Waals surface area contributed by atoms with Crippen molar-refractivity contribution in [1.82, 2.24) is 0 Å². The predicted octanol–water partition coefficient (Wildman–Crippen LogP) is 3.79. The molecule has 0 N–H and O–H groups in total. The summed E-state index contributed by atoms with van der Waals surface area (Å²) in [7, 11) is 4.65. The second-order valence-corrected chi connectivity index (χ2v) is 4.33. The van der Waals surface area contributed by atoms with Gasteiger partial charge in [0.1, 0.15) is 0 Å². The van der Waals surface area contributed by atoms with Gasteiger partial charge >= 0.3 is 0 Å².